The van der Waals surface area contributed by atoms with Crippen LogP contribution in [0, 0.1) is 0 Å². The number of rotatable bonds is 3. The van der Waals surface area contributed by atoms with Gasteiger partial charge in [0.05, 0.1) is 17.2 Å². The van der Waals surface area contributed by atoms with Crippen LogP contribution in [0.3, 0.4) is 0 Å². The van der Waals surface area contributed by atoms with Crippen molar-refractivity contribution < 1.29 is 19.4 Å². The fourth-order valence-corrected chi connectivity index (χ4v) is 1.32. The molecule has 0 unspecified atom stereocenters. The average molecular weight is 243 g/mol. The Morgan fingerprint density at radius 1 is 1.31 bits per heavy atom. The molecule has 0 heterocycles. The summed E-state index contributed by atoms with van der Waals surface area (Å²) in [5.41, 5.74) is -0.149. The summed E-state index contributed by atoms with van der Waals surface area (Å²) in [6.07, 6.45) is -0.312. The number of ether oxygens (including phenoxy) is 1. The second kappa shape index (κ2) is 4.99. The smallest absolute Gasteiger partial charge is 0.339 e. The molecule has 0 saturated heterocycles. The summed E-state index contributed by atoms with van der Waals surface area (Å²) in [5.74, 6) is -1.87. The third-order valence-electron chi connectivity index (χ3n) is 1.77. The van der Waals surface area contributed by atoms with Crippen LogP contribution in [0.2, 0.25) is 5.02 Å². The zero-order valence-corrected chi connectivity index (χ0v) is 9.62. The molecule has 0 spiro atoms. The van der Waals surface area contributed by atoms with E-state index in [0.717, 1.165) is 0 Å². The zero-order valence-electron chi connectivity index (χ0n) is 8.86. The average Bonchev–Trinajstić information content (AvgIpc) is 2.15. The summed E-state index contributed by atoms with van der Waals surface area (Å²) in [6.45, 7) is 3.37. The van der Waals surface area contributed by atoms with Crippen molar-refractivity contribution in [2.24, 2.45) is 0 Å². The normalized spacial score (nSPS) is 10.2. The minimum Gasteiger partial charge on any atom is -0.478 e. The van der Waals surface area contributed by atoms with E-state index in [1.807, 2.05) is 0 Å². The van der Waals surface area contributed by atoms with Gasteiger partial charge >= 0.3 is 11.9 Å². The molecule has 0 aromatic heterocycles. The first-order chi connectivity index (χ1) is 7.41. The van der Waals surface area contributed by atoms with Crippen molar-refractivity contribution in [2.45, 2.75) is 20.0 Å². The number of hydrogen-bond acceptors (Lipinski definition) is 3. The van der Waals surface area contributed by atoms with Crippen LogP contribution < -0.4 is 0 Å². The fourth-order valence-electron chi connectivity index (χ4n) is 1.15. The van der Waals surface area contributed by atoms with Crippen molar-refractivity contribution in [2.75, 3.05) is 0 Å². The number of aromatic carboxylic acids is 1. The minimum absolute atomic E-state index is 0.0336. The van der Waals surface area contributed by atoms with E-state index in [4.69, 9.17) is 21.4 Å². The molecular formula is C11H11ClO4. The Morgan fingerprint density at radius 2 is 1.94 bits per heavy atom. The van der Waals surface area contributed by atoms with Crippen molar-refractivity contribution in [1.29, 1.82) is 0 Å². The number of hydrogen-bond donors (Lipinski definition) is 1. The lowest BCUT2D eigenvalue weighted by Crippen LogP contribution is -2.15. The Hall–Kier alpha value is -1.55. The van der Waals surface area contributed by atoms with E-state index < -0.39 is 11.9 Å². The van der Waals surface area contributed by atoms with Gasteiger partial charge in [-0.25, -0.2) is 9.59 Å². The van der Waals surface area contributed by atoms with Crippen LogP contribution in [-0.2, 0) is 4.74 Å². The minimum atomic E-state index is -1.19. The van der Waals surface area contributed by atoms with Gasteiger partial charge < -0.3 is 9.84 Å². The predicted molar refractivity (Wildman–Crippen MR) is 59.0 cm³/mol. The largest absolute Gasteiger partial charge is 0.478 e. The number of carbonyl (C=O) groups excluding carboxylic acids is 1. The van der Waals surface area contributed by atoms with E-state index in [0.29, 0.717) is 5.02 Å². The molecule has 0 bridgehead atoms. The van der Waals surface area contributed by atoms with Gasteiger partial charge in [0.1, 0.15) is 0 Å². The molecular weight excluding hydrogens is 232 g/mol. The number of benzene rings is 1. The van der Waals surface area contributed by atoms with Crippen molar-refractivity contribution in [1.82, 2.24) is 0 Å². The number of carboxylic acids is 1. The number of halogens is 1. The molecule has 4 nitrogen and oxygen atoms in total. The summed E-state index contributed by atoms with van der Waals surface area (Å²) in [5, 5.41) is 9.18. The van der Waals surface area contributed by atoms with Crippen molar-refractivity contribution in [3.63, 3.8) is 0 Å². The van der Waals surface area contributed by atoms with Gasteiger partial charge in [-0.05, 0) is 32.0 Å². The molecule has 16 heavy (non-hydrogen) atoms. The zero-order chi connectivity index (χ0) is 12.3. The highest BCUT2D eigenvalue weighted by atomic mass is 35.5. The first-order valence-electron chi connectivity index (χ1n) is 4.65. The van der Waals surface area contributed by atoms with Crippen molar-refractivity contribution in [3.05, 3.63) is 34.3 Å². The highest BCUT2D eigenvalue weighted by molar-refractivity contribution is 6.31. The Kier molecular flexibility index (Phi) is 3.90. The van der Waals surface area contributed by atoms with Crippen LogP contribution in [-0.4, -0.2) is 23.1 Å². The maximum absolute atomic E-state index is 11.6. The second-order valence-electron chi connectivity index (χ2n) is 3.45. The summed E-state index contributed by atoms with van der Waals surface area (Å²) in [4.78, 5) is 22.5. The summed E-state index contributed by atoms with van der Waals surface area (Å²) in [6, 6.07) is 3.98. The SMILES string of the molecule is CC(C)OC(=O)c1cc(Cl)ccc1C(=O)O. The Morgan fingerprint density at radius 3 is 2.44 bits per heavy atom. The monoisotopic (exact) mass is 242 g/mol. The number of carboxylic acid groups (broad SMARTS) is 1. The summed E-state index contributed by atoms with van der Waals surface area (Å²) in [7, 11) is 0. The Balaban J connectivity index is 3.14. The summed E-state index contributed by atoms with van der Waals surface area (Å²) < 4.78 is 4.92. The van der Waals surface area contributed by atoms with Gasteiger partial charge in [0.2, 0.25) is 0 Å². The second-order valence-corrected chi connectivity index (χ2v) is 3.89. The maximum atomic E-state index is 11.6. The lowest BCUT2D eigenvalue weighted by atomic mass is 10.1. The van der Waals surface area contributed by atoms with Gasteiger partial charge in [-0.1, -0.05) is 11.6 Å². The van der Waals surface area contributed by atoms with E-state index in [-0.39, 0.29) is 17.2 Å². The van der Waals surface area contributed by atoms with Gasteiger partial charge in [0.15, 0.2) is 0 Å². The van der Waals surface area contributed by atoms with Gasteiger partial charge in [0.25, 0.3) is 0 Å². The number of carbonyl (C=O) groups is 2. The van der Waals surface area contributed by atoms with Gasteiger partial charge in [-0.15, -0.1) is 0 Å². The molecule has 0 aliphatic rings. The molecule has 1 N–H and O–H groups in total. The molecule has 0 aliphatic carbocycles. The van der Waals surface area contributed by atoms with Crippen LogP contribution in [0.4, 0.5) is 0 Å². The molecule has 0 aliphatic heterocycles. The van der Waals surface area contributed by atoms with Crippen molar-refractivity contribution in [3.8, 4) is 0 Å². The highest BCUT2D eigenvalue weighted by Gasteiger charge is 2.18. The highest BCUT2D eigenvalue weighted by Crippen LogP contribution is 2.17. The molecule has 1 aromatic rings. The standard InChI is InChI=1S/C11H11ClO4/c1-6(2)16-11(15)9-5-7(12)3-4-8(9)10(13)14/h3-6H,1-2H3,(H,13,14). The molecule has 1 aromatic carbocycles. The van der Waals surface area contributed by atoms with Crippen molar-refractivity contribution >= 4 is 23.5 Å². The van der Waals surface area contributed by atoms with E-state index in [1.54, 1.807) is 13.8 Å². The quantitative estimate of drug-likeness (QED) is 0.828. The molecule has 5 heteroatoms. The molecule has 86 valence electrons. The van der Waals surface area contributed by atoms with Gasteiger partial charge in [-0.3, -0.25) is 0 Å². The van der Waals surface area contributed by atoms with Crippen LogP contribution in [0.1, 0.15) is 34.6 Å². The first kappa shape index (κ1) is 12.5. The third-order valence-corrected chi connectivity index (χ3v) is 2.01. The van der Waals surface area contributed by atoms with Gasteiger partial charge in [0, 0.05) is 5.02 Å². The van der Waals surface area contributed by atoms with Crippen LogP contribution in [0.5, 0.6) is 0 Å². The van der Waals surface area contributed by atoms with Gasteiger partial charge in [-0.2, -0.15) is 0 Å². The van der Waals surface area contributed by atoms with E-state index in [1.165, 1.54) is 18.2 Å². The maximum Gasteiger partial charge on any atom is 0.339 e. The topological polar surface area (TPSA) is 63.6 Å². The lowest BCUT2D eigenvalue weighted by molar-refractivity contribution is 0.0371. The Labute approximate surface area is 97.8 Å². The summed E-state index contributed by atoms with van der Waals surface area (Å²) >= 11 is 5.70. The van der Waals surface area contributed by atoms with E-state index in [9.17, 15) is 9.59 Å². The molecule has 0 saturated carbocycles. The predicted octanol–water partition coefficient (Wildman–Crippen LogP) is 2.60. The van der Waals surface area contributed by atoms with Crippen LogP contribution in [0.25, 0.3) is 0 Å². The molecule has 0 radical (unpaired) electrons. The van der Waals surface area contributed by atoms with E-state index in [2.05, 4.69) is 0 Å². The molecule has 0 fully saturated rings. The van der Waals surface area contributed by atoms with E-state index >= 15 is 0 Å². The molecule has 0 atom stereocenters. The fraction of sp³-hybridized carbons (Fsp3) is 0.273. The lowest BCUT2D eigenvalue weighted by Gasteiger charge is -2.09. The Bertz CT molecular complexity index is 426. The van der Waals surface area contributed by atoms with Crippen LogP contribution in [0.15, 0.2) is 18.2 Å². The molecule has 0 amide bonds. The first-order valence-corrected chi connectivity index (χ1v) is 5.03. The number of esters is 1. The third kappa shape index (κ3) is 2.97. The molecule has 1 rings (SSSR count). The van der Waals surface area contributed by atoms with Crippen LogP contribution >= 0.6 is 11.6 Å².